The van der Waals surface area contributed by atoms with Crippen molar-refractivity contribution in [3.63, 3.8) is 0 Å². The van der Waals surface area contributed by atoms with Crippen molar-refractivity contribution in [2.75, 3.05) is 0 Å². The Kier molecular flexibility index (Phi) is 7.43. The summed E-state index contributed by atoms with van der Waals surface area (Å²) < 4.78 is 10.8. The fourth-order valence-corrected chi connectivity index (χ4v) is 4.42. The van der Waals surface area contributed by atoms with Gasteiger partial charge in [0.2, 0.25) is 0 Å². The van der Waals surface area contributed by atoms with Crippen LogP contribution in [0.15, 0.2) is 36.0 Å². The van der Waals surface area contributed by atoms with Crippen LogP contribution in [0.2, 0.25) is 0 Å². The van der Waals surface area contributed by atoms with E-state index in [9.17, 15) is 4.79 Å². The molecule has 1 saturated carbocycles. The summed E-state index contributed by atoms with van der Waals surface area (Å²) in [6.45, 7) is 7.65. The molecule has 1 heterocycles. The minimum atomic E-state index is -0.644. The van der Waals surface area contributed by atoms with Crippen molar-refractivity contribution < 1.29 is 14.2 Å². The molecule has 1 atom stereocenters. The van der Waals surface area contributed by atoms with Crippen LogP contribution >= 0.6 is 0 Å². The Morgan fingerprint density at radius 3 is 2.39 bits per heavy atom. The summed E-state index contributed by atoms with van der Waals surface area (Å²) in [6.07, 6.45) is 10.1. The molecule has 164 valence electrons. The molecule has 7 heteroatoms. The Balaban J connectivity index is 2.08. The van der Waals surface area contributed by atoms with E-state index in [1.54, 1.807) is 11.2 Å². The maximum absolute atomic E-state index is 13.3. The molecular formula is C24H32BN3O3. The molecule has 1 aliphatic heterocycles. The Morgan fingerprint density at radius 2 is 1.81 bits per heavy atom. The third-order valence-electron chi connectivity index (χ3n) is 5.72. The number of rotatable bonds is 3. The molecule has 31 heavy (non-hydrogen) atoms. The van der Waals surface area contributed by atoms with Crippen LogP contribution in [-0.4, -0.2) is 46.4 Å². The summed E-state index contributed by atoms with van der Waals surface area (Å²) in [5, 5.41) is 9.06. The number of nitriles is 1. The third kappa shape index (κ3) is 5.69. The molecule has 2 fully saturated rings. The molecule has 0 bridgehead atoms. The van der Waals surface area contributed by atoms with Crippen molar-refractivity contribution in [3.8, 4) is 6.26 Å². The second-order valence-corrected chi connectivity index (χ2v) is 9.21. The molecule has 1 saturated heterocycles. The molecule has 0 N–H and O–H groups in total. The molecule has 1 aromatic carbocycles. The standard InChI is InChI=1S/C24H32BN3O3/c1-18-21(16-19-12-8-7-9-13-19)28(23(29)31-24(2,3)4)22(25-30-17-26)27(18)20-14-10-5-6-11-15-20/h7-9,12-13,16,18,20H,5-6,10-11,14-15H2,1-4H3/b21-16-. The van der Waals surface area contributed by atoms with Gasteiger partial charge in [-0.3, -0.25) is 0 Å². The summed E-state index contributed by atoms with van der Waals surface area (Å²) in [6, 6.07) is 10.1. The van der Waals surface area contributed by atoms with E-state index in [1.165, 1.54) is 20.0 Å². The number of nitrogens with zero attached hydrogens (tertiary/aromatic N) is 3. The second kappa shape index (κ2) is 10.0. The van der Waals surface area contributed by atoms with Crippen molar-refractivity contribution in [3.05, 3.63) is 41.6 Å². The molecular weight excluding hydrogens is 389 g/mol. The average Bonchev–Trinajstić information content (AvgIpc) is 2.88. The second-order valence-electron chi connectivity index (χ2n) is 9.21. The van der Waals surface area contributed by atoms with Crippen LogP contribution < -0.4 is 0 Å². The van der Waals surface area contributed by atoms with Gasteiger partial charge in [0.1, 0.15) is 0 Å². The van der Waals surface area contributed by atoms with E-state index < -0.39 is 11.7 Å². The van der Waals surface area contributed by atoms with Crippen molar-refractivity contribution in [2.24, 2.45) is 0 Å². The fraction of sp³-hybridized carbons (Fsp3) is 0.542. The predicted molar refractivity (Wildman–Crippen MR) is 123 cm³/mol. The quantitative estimate of drug-likeness (QED) is 0.395. The van der Waals surface area contributed by atoms with E-state index in [4.69, 9.17) is 14.7 Å². The van der Waals surface area contributed by atoms with Crippen LogP contribution in [0.5, 0.6) is 0 Å². The molecule has 0 aromatic heterocycles. The molecule has 1 amide bonds. The number of hydrogen-bond acceptors (Lipinski definition) is 5. The SMILES string of the molecule is CC1/C(=C/c2ccccc2)N(C(=O)OC(C)(C)C)C(=BOC#N)N1C1CCCCCC1. The van der Waals surface area contributed by atoms with E-state index in [2.05, 4.69) is 11.8 Å². The third-order valence-corrected chi connectivity index (χ3v) is 5.72. The van der Waals surface area contributed by atoms with E-state index >= 15 is 0 Å². The molecule has 6 nitrogen and oxygen atoms in total. The zero-order valence-corrected chi connectivity index (χ0v) is 19.0. The van der Waals surface area contributed by atoms with Gasteiger partial charge in [0.05, 0.1) is 0 Å². The maximum atomic E-state index is 13.3. The van der Waals surface area contributed by atoms with Gasteiger partial charge in [0, 0.05) is 0 Å². The number of benzene rings is 1. The molecule has 1 aromatic rings. The van der Waals surface area contributed by atoms with Gasteiger partial charge in [-0.25, -0.2) is 0 Å². The minimum absolute atomic E-state index is 0.0654. The molecule has 2 aliphatic rings. The van der Waals surface area contributed by atoms with Crippen molar-refractivity contribution in [1.29, 1.82) is 5.26 Å². The van der Waals surface area contributed by atoms with Gasteiger partial charge in [-0.1, -0.05) is 0 Å². The summed E-state index contributed by atoms with van der Waals surface area (Å²) in [5.74, 6) is 0. The Bertz CT molecular complexity index is 862. The van der Waals surface area contributed by atoms with E-state index in [1.807, 2.05) is 57.2 Å². The van der Waals surface area contributed by atoms with Crippen LogP contribution in [0, 0.1) is 11.5 Å². The number of hydrogen-bond donors (Lipinski definition) is 0. The first-order valence-corrected chi connectivity index (χ1v) is 11.1. The first-order chi connectivity index (χ1) is 14.8. The van der Waals surface area contributed by atoms with Crippen molar-refractivity contribution >= 4 is 25.0 Å². The van der Waals surface area contributed by atoms with E-state index in [0.717, 1.165) is 36.9 Å². The molecule has 3 rings (SSSR count). The normalized spacial score (nSPS) is 22.7. The van der Waals surface area contributed by atoms with Crippen LogP contribution in [0.1, 0.15) is 71.8 Å². The summed E-state index contributed by atoms with van der Waals surface area (Å²) in [5.41, 5.74) is 1.74. The zero-order chi connectivity index (χ0) is 22.4. The van der Waals surface area contributed by atoms with Crippen LogP contribution in [-0.2, 0) is 9.39 Å². The van der Waals surface area contributed by atoms with Gasteiger partial charge in [-0.05, 0) is 0 Å². The first kappa shape index (κ1) is 22.9. The van der Waals surface area contributed by atoms with Gasteiger partial charge < -0.3 is 0 Å². The number of carbonyl (C=O) groups excluding carboxylic acids is 1. The summed E-state index contributed by atoms with van der Waals surface area (Å²) >= 11 is 0. The molecule has 0 radical (unpaired) electrons. The van der Waals surface area contributed by atoms with Gasteiger partial charge in [-0.15, -0.1) is 0 Å². The molecule has 1 unspecified atom stereocenters. The first-order valence-electron chi connectivity index (χ1n) is 11.1. The number of carbonyl (C=O) groups is 1. The monoisotopic (exact) mass is 421 g/mol. The topological polar surface area (TPSA) is 65.8 Å². The van der Waals surface area contributed by atoms with Gasteiger partial charge >= 0.3 is 186 Å². The van der Waals surface area contributed by atoms with Crippen LogP contribution in [0.3, 0.4) is 0 Å². The predicted octanol–water partition coefficient (Wildman–Crippen LogP) is 4.90. The van der Waals surface area contributed by atoms with Crippen molar-refractivity contribution in [2.45, 2.75) is 83.9 Å². The van der Waals surface area contributed by atoms with Gasteiger partial charge in [-0.2, -0.15) is 0 Å². The fourth-order valence-electron chi connectivity index (χ4n) is 4.42. The van der Waals surface area contributed by atoms with Crippen LogP contribution in [0.25, 0.3) is 6.08 Å². The number of amides is 1. The van der Waals surface area contributed by atoms with Crippen molar-refractivity contribution in [1.82, 2.24) is 9.80 Å². The van der Waals surface area contributed by atoms with E-state index in [0.29, 0.717) is 5.71 Å². The Hall–Kier alpha value is -2.75. The van der Waals surface area contributed by atoms with Gasteiger partial charge in [0.25, 0.3) is 0 Å². The molecule has 1 aliphatic carbocycles. The average molecular weight is 421 g/mol. The summed E-state index contributed by atoms with van der Waals surface area (Å²) in [7, 11) is 1.39. The Morgan fingerprint density at radius 1 is 1.16 bits per heavy atom. The zero-order valence-electron chi connectivity index (χ0n) is 19.0. The summed E-state index contributed by atoms with van der Waals surface area (Å²) in [4.78, 5) is 17.1. The van der Waals surface area contributed by atoms with E-state index in [-0.39, 0.29) is 12.1 Å². The Labute approximate surface area is 186 Å². The molecule has 0 spiro atoms. The number of ether oxygens (including phenoxy) is 1. The van der Waals surface area contributed by atoms with Gasteiger partial charge in [0.15, 0.2) is 0 Å². The van der Waals surface area contributed by atoms with Crippen LogP contribution in [0.4, 0.5) is 4.79 Å².